The molecule has 1 N–H and O–H groups in total. The van der Waals surface area contributed by atoms with Gasteiger partial charge >= 0.3 is 0 Å². The molecule has 3 aromatic rings. The lowest BCUT2D eigenvalue weighted by Crippen LogP contribution is -2.02. The zero-order chi connectivity index (χ0) is 14.7. The predicted octanol–water partition coefficient (Wildman–Crippen LogP) is 4.12. The molecular formula is C19H19NO. The van der Waals surface area contributed by atoms with Gasteiger partial charge in [-0.15, -0.1) is 0 Å². The van der Waals surface area contributed by atoms with Crippen molar-refractivity contribution in [2.45, 2.75) is 13.5 Å². The van der Waals surface area contributed by atoms with Gasteiger partial charge in [-0.25, -0.2) is 0 Å². The molecule has 0 aliphatic rings. The Labute approximate surface area is 125 Å². The fraction of sp³-hybridized carbons (Fsp3) is 0.158. The quantitative estimate of drug-likeness (QED) is 0.762. The van der Waals surface area contributed by atoms with Gasteiger partial charge in [0.15, 0.2) is 0 Å². The zero-order valence-electron chi connectivity index (χ0n) is 12.2. The second kappa shape index (κ2) is 5.98. The second-order valence-electron chi connectivity index (χ2n) is 5.23. The van der Waals surface area contributed by atoms with E-state index >= 15 is 0 Å². The van der Waals surface area contributed by atoms with Crippen LogP contribution in [0.25, 0.3) is 22.4 Å². The van der Waals surface area contributed by atoms with Gasteiger partial charge in [0.25, 0.3) is 0 Å². The summed E-state index contributed by atoms with van der Waals surface area (Å²) in [5, 5.41) is 9.29. The van der Waals surface area contributed by atoms with Gasteiger partial charge in [0.2, 0.25) is 0 Å². The molecule has 3 rings (SSSR count). The van der Waals surface area contributed by atoms with Gasteiger partial charge in [0, 0.05) is 18.3 Å². The molecule has 106 valence electrons. The van der Waals surface area contributed by atoms with E-state index in [1.807, 2.05) is 12.3 Å². The molecule has 2 aromatic carbocycles. The van der Waals surface area contributed by atoms with Crippen molar-refractivity contribution in [2.75, 3.05) is 6.61 Å². The van der Waals surface area contributed by atoms with Gasteiger partial charge in [0.05, 0.1) is 12.3 Å². The van der Waals surface area contributed by atoms with Crippen molar-refractivity contribution < 1.29 is 5.11 Å². The average Bonchev–Trinajstić information content (AvgIpc) is 2.93. The molecule has 2 nitrogen and oxygen atoms in total. The number of hydrogen-bond acceptors (Lipinski definition) is 1. The molecule has 2 heteroatoms. The Hall–Kier alpha value is -2.32. The first-order valence-corrected chi connectivity index (χ1v) is 7.22. The first-order chi connectivity index (χ1) is 10.3. The number of aliphatic hydroxyl groups is 1. The normalized spacial score (nSPS) is 10.8. The molecule has 21 heavy (non-hydrogen) atoms. The summed E-state index contributed by atoms with van der Waals surface area (Å²) in [5.74, 6) is 0. The molecule has 0 aliphatic heterocycles. The lowest BCUT2D eigenvalue weighted by Gasteiger charge is -2.11. The summed E-state index contributed by atoms with van der Waals surface area (Å²) in [4.78, 5) is 0. The van der Waals surface area contributed by atoms with Crippen molar-refractivity contribution in [1.29, 1.82) is 0 Å². The minimum atomic E-state index is 0.141. The molecule has 0 aliphatic carbocycles. The first kappa shape index (κ1) is 13.7. The van der Waals surface area contributed by atoms with Crippen molar-refractivity contribution in [2.24, 2.45) is 0 Å². The Morgan fingerprint density at radius 1 is 0.857 bits per heavy atom. The number of aliphatic hydroxyl groups excluding tert-OH is 1. The van der Waals surface area contributed by atoms with Gasteiger partial charge < -0.3 is 9.67 Å². The van der Waals surface area contributed by atoms with Crippen LogP contribution in [0.4, 0.5) is 0 Å². The van der Waals surface area contributed by atoms with Crippen LogP contribution < -0.4 is 0 Å². The molecule has 1 aromatic heterocycles. The molecule has 0 radical (unpaired) electrons. The van der Waals surface area contributed by atoms with Crippen LogP contribution in [0.1, 0.15) is 5.56 Å². The third-order valence-electron chi connectivity index (χ3n) is 3.71. The van der Waals surface area contributed by atoms with Crippen molar-refractivity contribution in [3.8, 4) is 22.4 Å². The molecule has 1 heterocycles. The van der Waals surface area contributed by atoms with E-state index in [-0.39, 0.29) is 6.61 Å². The molecule has 0 spiro atoms. The van der Waals surface area contributed by atoms with Crippen LogP contribution in [-0.4, -0.2) is 16.3 Å². The monoisotopic (exact) mass is 277 g/mol. The fourth-order valence-electron chi connectivity index (χ4n) is 2.65. The second-order valence-corrected chi connectivity index (χ2v) is 5.23. The molecule has 0 bridgehead atoms. The van der Waals surface area contributed by atoms with Crippen LogP contribution in [0.3, 0.4) is 0 Å². The van der Waals surface area contributed by atoms with E-state index in [1.165, 1.54) is 22.3 Å². The van der Waals surface area contributed by atoms with E-state index in [9.17, 15) is 5.11 Å². The number of nitrogens with zero attached hydrogens (tertiary/aromatic N) is 1. The van der Waals surface area contributed by atoms with Crippen molar-refractivity contribution >= 4 is 0 Å². The third kappa shape index (κ3) is 2.76. The minimum Gasteiger partial charge on any atom is -0.395 e. The number of benzene rings is 2. The third-order valence-corrected chi connectivity index (χ3v) is 3.71. The summed E-state index contributed by atoms with van der Waals surface area (Å²) in [6, 6.07) is 21.0. The zero-order valence-corrected chi connectivity index (χ0v) is 12.2. The van der Waals surface area contributed by atoms with Gasteiger partial charge in [0.1, 0.15) is 0 Å². The van der Waals surface area contributed by atoms with Gasteiger partial charge in [-0.2, -0.15) is 0 Å². The molecule has 0 amide bonds. The highest BCUT2D eigenvalue weighted by Gasteiger charge is 2.12. The highest BCUT2D eigenvalue weighted by molar-refractivity contribution is 5.81. The summed E-state index contributed by atoms with van der Waals surface area (Å²) in [7, 11) is 0. The SMILES string of the molecule is Cc1ccc(-c2c(-c3ccccc3)ccn2CCO)cc1. The van der Waals surface area contributed by atoms with Crippen molar-refractivity contribution in [3.63, 3.8) is 0 Å². The maximum Gasteiger partial charge on any atom is 0.0610 e. The highest BCUT2D eigenvalue weighted by atomic mass is 16.3. The smallest absolute Gasteiger partial charge is 0.0610 e. The van der Waals surface area contributed by atoms with E-state index in [0.717, 1.165) is 5.69 Å². The standard InChI is InChI=1S/C19H19NO/c1-15-7-9-17(10-8-15)19-18(11-12-20(19)13-14-21)16-5-3-2-4-6-16/h2-12,21H,13-14H2,1H3. The van der Waals surface area contributed by atoms with Gasteiger partial charge in [-0.05, 0) is 24.1 Å². The van der Waals surface area contributed by atoms with Crippen molar-refractivity contribution in [3.05, 3.63) is 72.4 Å². The summed E-state index contributed by atoms with van der Waals surface area (Å²) in [6.07, 6.45) is 2.05. The lowest BCUT2D eigenvalue weighted by molar-refractivity contribution is 0.277. The lowest BCUT2D eigenvalue weighted by atomic mass is 10.0. The summed E-state index contributed by atoms with van der Waals surface area (Å²) in [5.41, 5.74) is 5.99. The van der Waals surface area contributed by atoms with E-state index < -0.39 is 0 Å². The van der Waals surface area contributed by atoms with Crippen LogP contribution in [0.5, 0.6) is 0 Å². The fourth-order valence-corrected chi connectivity index (χ4v) is 2.65. The van der Waals surface area contributed by atoms with Gasteiger partial charge in [-0.1, -0.05) is 60.2 Å². The first-order valence-electron chi connectivity index (χ1n) is 7.22. The largest absolute Gasteiger partial charge is 0.395 e. The highest BCUT2D eigenvalue weighted by Crippen LogP contribution is 2.33. The van der Waals surface area contributed by atoms with Gasteiger partial charge in [-0.3, -0.25) is 0 Å². The topological polar surface area (TPSA) is 25.2 Å². The molecule has 0 saturated carbocycles. The minimum absolute atomic E-state index is 0.141. The Morgan fingerprint density at radius 2 is 1.57 bits per heavy atom. The average molecular weight is 277 g/mol. The van der Waals surface area contributed by atoms with Crippen LogP contribution in [-0.2, 0) is 6.54 Å². The van der Waals surface area contributed by atoms with Crippen LogP contribution in [0, 0.1) is 6.92 Å². The Balaban J connectivity index is 2.16. The summed E-state index contributed by atoms with van der Waals surface area (Å²) < 4.78 is 2.12. The number of rotatable bonds is 4. The number of hydrogen-bond donors (Lipinski definition) is 1. The van der Waals surface area contributed by atoms with Crippen LogP contribution >= 0.6 is 0 Å². The van der Waals surface area contributed by atoms with Crippen LogP contribution in [0.15, 0.2) is 66.9 Å². The summed E-state index contributed by atoms with van der Waals surface area (Å²) >= 11 is 0. The predicted molar refractivity (Wildman–Crippen MR) is 87.1 cm³/mol. The Bertz CT molecular complexity index is 711. The van der Waals surface area contributed by atoms with E-state index in [4.69, 9.17) is 0 Å². The van der Waals surface area contributed by atoms with Crippen LogP contribution in [0.2, 0.25) is 0 Å². The Kier molecular flexibility index (Phi) is 3.89. The van der Waals surface area contributed by atoms with E-state index in [0.29, 0.717) is 6.54 Å². The van der Waals surface area contributed by atoms with E-state index in [2.05, 4.69) is 66.1 Å². The molecule has 0 unspecified atom stereocenters. The number of aryl methyl sites for hydroxylation is 1. The maximum atomic E-state index is 9.29. The molecule has 0 saturated heterocycles. The molecule has 0 fully saturated rings. The maximum absolute atomic E-state index is 9.29. The number of aromatic nitrogens is 1. The van der Waals surface area contributed by atoms with E-state index in [1.54, 1.807) is 0 Å². The Morgan fingerprint density at radius 3 is 2.24 bits per heavy atom. The molecular weight excluding hydrogens is 258 g/mol. The van der Waals surface area contributed by atoms with Crippen molar-refractivity contribution in [1.82, 2.24) is 4.57 Å². The summed E-state index contributed by atoms with van der Waals surface area (Å²) in [6.45, 7) is 2.84. The molecule has 0 atom stereocenters.